The number of nitrogens with zero attached hydrogens (tertiary/aromatic N) is 2. The van der Waals surface area contributed by atoms with Crippen molar-refractivity contribution < 1.29 is 9.59 Å². The highest BCUT2D eigenvalue weighted by atomic mass is 35.5. The van der Waals surface area contributed by atoms with Crippen molar-refractivity contribution in [3.05, 3.63) is 99.3 Å². The van der Waals surface area contributed by atoms with Crippen molar-refractivity contribution in [2.75, 3.05) is 13.1 Å². The third kappa shape index (κ3) is 5.42. The number of carbonyl (C=O) groups excluding carboxylic acids is 2. The summed E-state index contributed by atoms with van der Waals surface area (Å²) in [5, 5.41) is 3.51. The van der Waals surface area contributed by atoms with E-state index in [0.29, 0.717) is 35.8 Å². The number of amides is 2. The zero-order valence-corrected chi connectivity index (χ0v) is 19.7. The lowest BCUT2D eigenvalue weighted by molar-refractivity contribution is 0.0710. The van der Waals surface area contributed by atoms with E-state index in [2.05, 4.69) is 11.4 Å². The van der Waals surface area contributed by atoms with Gasteiger partial charge in [0.15, 0.2) is 0 Å². The number of likely N-dealkylation sites (tertiary alicyclic amines) is 1. The molecule has 1 fully saturated rings. The van der Waals surface area contributed by atoms with Crippen molar-refractivity contribution in [3.63, 3.8) is 0 Å². The Bertz CT molecular complexity index is 1170. The van der Waals surface area contributed by atoms with E-state index < -0.39 is 0 Å². The van der Waals surface area contributed by atoms with E-state index in [1.807, 2.05) is 61.2 Å². The minimum absolute atomic E-state index is 0.0487. The van der Waals surface area contributed by atoms with Crippen LogP contribution in [0.1, 0.15) is 62.0 Å². The van der Waals surface area contributed by atoms with Crippen molar-refractivity contribution in [3.8, 4) is 0 Å². The molecule has 0 radical (unpaired) electrons. The summed E-state index contributed by atoms with van der Waals surface area (Å²) in [6.07, 6.45) is 1.51. The zero-order valence-electron chi connectivity index (χ0n) is 19.0. The van der Waals surface area contributed by atoms with Gasteiger partial charge in [0.1, 0.15) is 0 Å². The summed E-state index contributed by atoms with van der Waals surface area (Å²) < 4.78 is 0. The van der Waals surface area contributed by atoms with Crippen LogP contribution in [0, 0.1) is 13.8 Å². The summed E-state index contributed by atoms with van der Waals surface area (Å²) in [4.78, 5) is 32.5. The van der Waals surface area contributed by atoms with Crippen LogP contribution in [-0.2, 0) is 6.54 Å². The van der Waals surface area contributed by atoms with E-state index in [1.165, 1.54) is 0 Å². The first-order valence-corrected chi connectivity index (χ1v) is 11.7. The van der Waals surface area contributed by atoms with Gasteiger partial charge in [-0.25, -0.2) is 0 Å². The number of piperidine rings is 1. The molecule has 2 amide bonds. The third-order valence-corrected chi connectivity index (χ3v) is 6.45. The van der Waals surface area contributed by atoms with E-state index in [0.717, 1.165) is 35.4 Å². The summed E-state index contributed by atoms with van der Waals surface area (Å²) >= 11 is 6.22. The Morgan fingerprint density at radius 3 is 2.48 bits per heavy atom. The fourth-order valence-electron chi connectivity index (χ4n) is 4.34. The van der Waals surface area contributed by atoms with Crippen LogP contribution in [0.15, 0.2) is 60.7 Å². The Balaban J connectivity index is 1.45. The lowest BCUT2D eigenvalue weighted by Gasteiger charge is -2.32. The van der Waals surface area contributed by atoms with Crippen molar-refractivity contribution in [1.82, 2.24) is 15.2 Å². The van der Waals surface area contributed by atoms with Gasteiger partial charge < -0.3 is 10.2 Å². The SMILES string of the molecule is Cc1cccc(CNC(=O)c2ccc(C)nc2C2CCN(C(=O)c3ccccc3Cl)CC2)c1. The van der Waals surface area contributed by atoms with Crippen molar-refractivity contribution in [1.29, 1.82) is 0 Å². The fraction of sp³-hybridized carbons (Fsp3) is 0.296. The van der Waals surface area contributed by atoms with Gasteiger partial charge in [-0.05, 0) is 56.5 Å². The van der Waals surface area contributed by atoms with Gasteiger partial charge in [0.05, 0.1) is 21.8 Å². The van der Waals surface area contributed by atoms with E-state index in [1.54, 1.807) is 12.1 Å². The van der Waals surface area contributed by atoms with Crippen LogP contribution in [0.5, 0.6) is 0 Å². The standard InChI is InChI=1S/C27H28ClN3O2/c1-18-6-5-7-20(16-18)17-29-26(32)23-11-10-19(2)30-25(23)21-12-14-31(15-13-21)27(33)22-8-3-4-9-24(22)28/h3-11,16,21H,12-15,17H2,1-2H3,(H,29,32). The highest BCUT2D eigenvalue weighted by molar-refractivity contribution is 6.33. The Labute approximate surface area is 199 Å². The van der Waals surface area contributed by atoms with Crippen LogP contribution in [0.2, 0.25) is 5.02 Å². The molecule has 0 unspecified atom stereocenters. The molecule has 1 aromatic heterocycles. The molecular weight excluding hydrogens is 434 g/mol. The molecule has 0 saturated carbocycles. The van der Waals surface area contributed by atoms with Crippen LogP contribution in [-0.4, -0.2) is 34.8 Å². The number of aryl methyl sites for hydroxylation is 2. The summed E-state index contributed by atoms with van der Waals surface area (Å²) in [6, 6.07) is 19.0. The molecule has 1 aliphatic heterocycles. The molecule has 0 aliphatic carbocycles. The smallest absolute Gasteiger partial charge is 0.255 e. The third-order valence-electron chi connectivity index (χ3n) is 6.12. The van der Waals surface area contributed by atoms with Crippen LogP contribution in [0.3, 0.4) is 0 Å². The van der Waals surface area contributed by atoms with Gasteiger partial charge in [-0.1, -0.05) is 53.6 Å². The number of halogens is 1. The minimum atomic E-state index is -0.117. The molecule has 2 aromatic carbocycles. The Kier molecular flexibility index (Phi) is 7.09. The largest absolute Gasteiger partial charge is 0.348 e. The normalized spacial score (nSPS) is 14.2. The Morgan fingerprint density at radius 2 is 1.76 bits per heavy atom. The summed E-state index contributed by atoms with van der Waals surface area (Å²) in [5.74, 6) is -0.0409. The molecule has 3 aromatic rings. The number of hydrogen-bond donors (Lipinski definition) is 1. The second kappa shape index (κ2) is 10.2. The predicted molar refractivity (Wildman–Crippen MR) is 131 cm³/mol. The number of aromatic nitrogens is 1. The van der Waals surface area contributed by atoms with Gasteiger partial charge in [-0.3, -0.25) is 14.6 Å². The predicted octanol–water partition coefficient (Wildman–Crippen LogP) is 5.30. The molecule has 6 heteroatoms. The second-order valence-corrected chi connectivity index (χ2v) is 9.01. The highest BCUT2D eigenvalue weighted by Crippen LogP contribution is 2.31. The molecule has 0 atom stereocenters. The number of nitrogens with one attached hydrogen (secondary N) is 1. The number of benzene rings is 2. The number of pyridine rings is 1. The maximum atomic E-state index is 13.0. The van der Waals surface area contributed by atoms with E-state index >= 15 is 0 Å². The molecule has 33 heavy (non-hydrogen) atoms. The first kappa shape index (κ1) is 23.0. The summed E-state index contributed by atoms with van der Waals surface area (Å²) in [7, 11) is 0. The first-order chi connectivity index (χ1) is 15.9. The maximum Gasteiger partial charge on any atom is 0.255 e. The average molecular weight is 462 g/mol. The lowest BCUT2D eigenvalue weighted by Crippen LogP contribution is -2.38. The van der Waals surface area contributed by atoms with Gasteiger partial charge in [0.2, 0.25) is 0 Å². The lowest BCUT2D eigenvalue weighted by atomic mass is 9.89. The van der Waals surface area contributed by atoms with Crippen molar-refractivity contribution in [2.45, 2.75) is 39.2 Å². The van der Waals surface area contributed by atoms with Crippen LogP contribution in [0.25, 0.3) is 0 Å². The molecule has 170 valence electrons. The number of carbonyl (C=O) groups is 2. The quantitative estimate of drug-likeness (QED) is 0.560. The highest BCUT2D eigenvalue weighted by Gasteiger charge is 2.29. The van der Waals surface area contributed by atoms with Gasteiger partial charge in [0.25, 0.3) is 11.8 Å². The second-order valence-electron chi connectivity index (χ2n) is 8.60. The topological polar surface area (TPSA) is 62.3 Å². The maximum absolute atomic E-state index is 13.0. The van der Waals surface area contributed by atoms with E-state index in [-0.39, 0.29) is 17.7 Å². The molecule has 1 saturated heterocycles. The van der Waals surface area contributed by atoms with Crippen molar-refractivity contribution >= 4 is 23.4 Å². The van der Waals surface area contributed by atoms with Gasteiger partial charge in [0, 0.05) is 31.2 Å². The zero-order chi connectivity index (χ0) is 23.4. The van der Waals surface area contributed by atoms with Gasteiger partial charge >= 0.3 is 0 Å². The van der Waals surface area contributed by atoms with E-state index in [4.69, 9.17) is 16.6 Å². The first-order valence-electron chi connectivity index (χ1n) is 11.3. The number of rotatable bonds is 5. The van der Waals surface area contributed by atoms with Crippen molar-refractivity contribution in [2.24, 2.45) is 0 Å². The molecule has 5 nitrogen and oxygen atoms in total. The summed E-state index contributed by atoms with van der Waals surface area (Å²) in [6.45, 7) is 5.66. The molecule has 0 bridgehead atoms. The molecule has 4 rings (SSSR count). The Hall–Kier alpha value is -3.18. The molecule has 1 N–H and O–H groups in total. The molecule has 0 spiro atoms. The minimum Gasteiger partial charge on any atom is -0.348 e. The van der Waals surface area contributed by atoms with Crippen LogP contribution in [0.4, 0.5) is 0 Å². The van der Waals surface area contributed by atoms with Gasteiger partial charge in [-0.2, -0.15) is 0 Å². The fourth-order valence-corrected chi connectivity index (χ4v) is 4.56. The van der Waals surface area contributed by atoms with Crippen LogP contribution >= 0.6 is 11.6 Å². The average Bonchev–Trinajstić information content (AvgIpc) is 2.82. The molecular formula is C27H28ClN3O2. The summed E-state index contributed by atoms with van der Waals surface area (Å²) in [5.41, 5.74) is 5.08. The Morgan fingerprint density at radius 1 is 1.00 bits per heavy atom. The number of hydrogen-bond acceptors (Lipinski definition) is 3. The van der Waals surface area contributed by atoms with Crippen LogP contribution < -0.4 is 5.32 Å². The van der Waals surface area contributed by atoms with Gasteiger partial charge in [-0.15, -0.1) is 0 Å². The van der Waals surface area contributed by atoms with E-state index in [9.17, 15) is 9.59 Å². The monoisotopic (exact) mass is 461 g/mol. The molecule has 1 aliphatic rings. The molecule has 2 heterocycles.